The molecule has 1 heterocycles. The Morgan fingerprint density at radius 2 is 1.40 bits per heavy atom. The smallest absolute Gasteiger partial charge is 0.297 e. The third-order valence-corrected chi connectivity index (χ3v) is 6.27. The van der Waals surface area contributed by atoms with Gasteiger partial charge in [-0.3, -0.25) is 9.63 Å². The van der Waals surface area contributed by atoms with E-state index in [0.717, 1.165) is 14.4 Å². The summed E-state index contributed by atoms with van der Waals surface area (Å²) in [5.41, 5.74) is 1.68. The highest BCUT2D eigenvalue weighted by Gasteiger charge is 2.31. The zero-order valence-corrected chi connectivity index (χ0v) is 20.9. The molecule has 4 aromatic rings. The lowest BCUT2D eigenvalue weighted by molar-refractivity contribution is 0.103. The molecular weight excluding hydrogens is 529 g/mol. The van der Waals surface area contributed by atoms with Gasteiger partial charge in [-0.25, -0.2) is 14.3 Å². The lowest BCUT2D eigenvalue weighted by Crippen LogP contribution is -2.22. The second-order valence-electron chi connectivity index (χ2n) is 7.11. The third-order valence-electron chi connectivity index (χ3n) is 4.71. The van der Waals surface area contributed by atoms with E-state index < -0.39 is 9.89 Å². The van der Waals surface area contributed by atoms with Crippen LogP contribution < -0.4 is 0 Å². The molecule has 0 radical (unpaired) electrons. The maximum atomic E-state index is 12.6. The van der Waals surface area contributed by atoms with Gasteiger partial charge in [0, 0.05) is 38.9 Å². The van der Waals surface area contributed by atoms with E-state index in [2.05, 4.69) is 10.1 Å². The first-order chi connectivity index (χ1) is 16.8. The van der Waals surface area contributed by atoms with Crippen LogP contribution in [0.1, 0.15) is 21.5 Å². The summed E-state index contributed by atoms with van der Waals surface area (Å²) < 4.78 is -0.830. The van der Waals surface area contributed by atoms with E-state index in [1.165, 1.54) is 30.5 Å². The van der Waals surface area contributed by atoms with Gasteiger partial charge in [0.15, 0.2) is 5.78 Å². The molecule has 0 unspecified atom stereocenters. The summed E-state index contributed by atoms with van der Waals surface area (Å²) in [6, 6.07) is 23.6. The van der Waals surface area contributed by atoms with Gasteiger partial charge in [0.2, 0.25) is 3.79 Å². The predicted octanol–water partition coefficient (Wildman–Crippen LogP) is 7.02. The predicted molar refractivity (Wildman–Crippen MR) is 138 cm³/mol. The van der Waals surface area contributed by atoms with E-state index in [1.807, 2.05) is 42.5 Å². The summed E-state index contributed by atoms with van der Waals surface area (Å²) in [7, 11) is 0. The number of alkyl halides is 3. The Morgan fingerprint density at radius 1 is 0.829 bits per heavy atom. The van der Waals surface area contributed by atoms with Gasteiger partial charge in [-0.2, -0.15) is 0 Å². The first-order valence-electron chi connectivity index (χ1n) is 10.1. The van der Waals surface area contributed by atoms with E-state index in [9.17, 15) is 9.59 Å². The van der Waals surface area contributed by atoms with Crippen LogP contribution in [0.2, 0.25) is 0 Å². The van der Waals surface area contributed by atoms with Crippen LogP contribution in [-0.2, 0) is 4.84 Å². The molecule has 0 bridgehead atoms. The molecule has 0 saturated carbocycles. The number of aromatic nitrogens is 2. The number of halogens is 3. The van der Waals surface area contributed by atoms with Crippen LogP contribution in [0.15, 0.2) is 113 Å². The molecule has 176 valence electrons. The second kappa shape index (κ2) is 11.1. The Morgan fingerprint density at radius 3 is 1.94 bits per heavy atom. The van der Waals surface area contributed by atoms with Crippen LogP contribution in [-0.4, -0.2) is 30.9 Å². The van der Waals surface area contributed by atoms with Crippen LogP contribution in [0, 0.1) is 0 Å². The van der Waals surface area contributed by atoms with Crippen molar-refractivity contribution in [2.24, 2.45) is 5.16 Å². The van der Waals surface area contributed by atoms with Crippen molar-refractivity contribution < 1.29 is 14.4 Å². The first-order valence-corrected chi connectivity index (χ1v) is 12.1. The van der Waals surface area contributed by atoms with Crippen molar-refractivity contribution in [3.63, 3.8) is 0 Å². The van der Waals surface area contributed by atoms with Crippen LogP contribution in [0.3, 0.4) is 0 Å². The van der Waals surface area contributed by atoms with Crippen LogP contribution in [0.4, 0.5) is 4.79 Å². The number of carbonyl (C=O) groups excluding carboxylic acids is 2. The van der Waals surface area contributed by atoms with Gasteiger partial charge in [0.25, 0.3) is 0 Å². The molecule has 0 spiro atoms. The van der Waals surface area contributed by atoms with Gasteiger partial charge in [-0.1, -0.05) is 94.2 Å². The van der Waals surface area contributed by atoms with Gasteiger partial charge in [0.05, 0.1) is 0 Å². The Kier molecular flexibility index (Phi) is 7.93. The lowest BCUT2D eigenvalue weighted by atomic mass is 10.0. The number of hydrogen-bond donors (Lipinski definition) is 0. The zero-order chi connectivity index (χ0) is 24.8. The average molecular weight is 545 g/mol. The highest BCUT2D eigenvalue weighted by molar-refractivity contribution is 7.99. The molecule has 1 aromatic heterocycles. The molecule has 0 aliphatic carbocycles. The minimum Gasteiger partial charge on any atom is -0.297 e. The summed E-state index contributed by atoms with van der Waals surface area (Å²) in [6.45, 7) is 0. The third kappa shape index (κ3) is 6.52. The Hall–Kier alpha value is -3.10. The molecule has 0 aliphatic rings. The fraction of sp³-hybridized carbons (Fsp3) is 0.0400. The summed E-state index contributed by atoms with van der Waals surface area (Å²) in [5, 5.41) is 3.77. The highest BCUT2D eigenvalue weighted by Crippen LogP contribution is 2.33. The van der Waals surface area contributed by atoms with E-state index in [4.69, 9.17) is 39.6 Å². The molecule has 0 amide bonds. The topological polar surface area (TPSA) is 73.5 Å². The number of imidazole rings is 1. The Balaban J connectivity index is 1.46. The number of hydrogen-bond acceptors (Lipinski definition) is 6. The van der Waals surface area contributed by atoms with Crippen molar-refractivity contribution in [2.45, 2.75) is 13.6 Å². The van der Waals surface area contributed by atoms with Crippen molar-refractivity contribution in [3.05, 3.63) is 114 Å². The SMILES string of the molecule is O=C(c1ccccc1)c1ccc(Sc2ccc(/C(=N/OC(=O)n3ccnc3)C(Cl)(Cl)Cl)cc2)cc1. The van der Waals surface area contributed by atoms with Gasteiger partial charge in [-0.05, 0) is 36.4 Å². The number of nitrogens with zero attached hydrogens (tertiary/aromatic N) is 3. The fourth-order valence-electron chi connectivity index (χ4n) is 3.01. The van der Waals surface area contributed by atoms with E-state index in [0.29, 0.717) is 16.7 Å². The molecule has 4 rings (SSSR count). The van der Waals surface area contributed by atoms with E-state index in [1.54, 1.807) is 36.4 Å². The normalized spacial score (nSPS) is 11.8. The van der Waals surface area contributed by atoms with Gasteiger partial charge in [0.1, 0.15) is 12.0 Å². The first kappa shape index (κ1) is 25.0. The monoisotopic (exact) mass is 543 g/mol. The second-order valence-corrected chi connectivity index (χ2v) is 10.5. The summed E-state index contributed by atoms with van der Waals surface area (Å²) in [6.07, 6.45) is 3.30. The van der Waals surface area contributed by atoms with E-state index >= 15 is 0 Å². The Labute approximate surface area is 220 Å². The van der Waals surface area contributed by atoms with Crippen molar-refractivity contribution in [3.8, 4) is 0 Å². The average Bonchev–Trinajstić information content (AvgIpc) is 3.40. The molecule has 35 heavy (non-hydrogen) atoms. The molecule has 0 N–H and O–H groups in total. The fourth-order valence-corrected chi connectivity index (χ4v) is 4.26. The standard InChI is InChI=1S/C25H16Cl3N3O3S/c26-25(27,28)23(30-34-24(33)31-15-14-29-16-31)19-8-12-21(13-9-19)35-20-10-6-18(7-11-20)22(32)17-4-2-1-3-5-17/h1-16H/b30-23-. The molecule has 0 atom stereocenters. The van der Waals surface area contributed by atoms with Crippen molar-refractivity contribution in [1.29, 1.82) is 0 Å². The van der Waals surface area contributed by atoms with E-state index in [-0.39, 0.29) is 11.5 Å². The Bertz CT molecular complexity index is 1340. The molecule has 0 fully saturated rings. The highest BCUT2D eigenvalue weighted by atomic mass is 35.6. The summed E-state index contributed by atoms with van der Waals surface area (Å²) in [5.74, 6) is -0.0289. The lowest BCUT2D eigenvalue weighted by Gasteiger charge is -2.14. The number of rotatable bonds is 6. The largest absolute Gasteiger partial charge is 0.445 e. The van der Waals surface area contributed by atoms with Crippen LogP contribution >= 0.6 is 46.6 Å². The zero-order valence-electron chi connectivity index (χ0n) is 17.8. The van der Waals surface area contributed by atoms with Crippen molar-refractivity contribution >= 4 is 64.2 Å². The quantitative estimate of drug-likeness (QED) is 0.0857. The molecular formula is C25H16Cl3N3O3S. The van der Waals surface area contributed by atoms with Crippen LogP contribution in [0.5, 0.6) is 0 Å². The number of oxime groups is 1. The van der Waals surface area contributed by atoms with Crippen molar-refractivity contribution in [2.75, 3.05) is 0 Å². The maximum Gasteiger partial charge on any atom is 0.445 e. The summed E-state index contributed by atoms with van der Waals surface area (Å²) >= 11 is 19.7. The minimum atomic E-state index is -1.93. The summed E-state index contributed by atoms with van der Waals surface area (Å²) in [4.78, 5) is 35.1. The molecule has 0 aliphatic heterocycles. The number of carbonyl (C=O) groups is 2. The molecule has 3 aromatic carbocycles. The van der Waals surface area contributed by atoms with Gasteiger partial charge < -0.3 is 0 Å². The molecule has 0 saturated heterocycles. The maximum absolute atomic E-state index is 12.6. The van der Waals surface area contributed by atoms with Crippen LogP contribution in [0.25, 0.3) is 0 Å². The van der Waals surface area contributed by atoms with Gasteiger partial charge in [-0.15, -0.1) is 0 Å². The number of benzene rings is 3. The molecule has 6 nitrogen and oxygen atoms in total. The van der Waals surface area contributed by atoms with Gasteiger partial charge >= 0.3 is 6.09 Å². The van der Waals surface area contributed by atoms with Crippen molar-refractivity contribution in [1.82, 2.24) is 9.55 Å². The number of ketones is 1. The minimum absolute atomic E-state index is 0.0289. The molecule has 10 heteroatoms.